The van der Waals surface area contributed by atoms with Gasteiger partial charge in [0.25, 0.3) is 0 Å². The van der Waals surface area contributed by atoms with Crippen LogP contribution in [-0.2, 0) is 4.74 Å². The third-order valence-electron chi connectivity index (χ3n) is 6.43. The van der Waals surface area contributed by atoms with Gasteiger partial charge in [-0.2, -0.15) is 0 Å². The molecule has 33 heavy (non-hydrogen) atoms. The van der Waals surface area contributed by atoms with Gasteiger partial charge in [0.1, 0.15) is 17.9 Å². The lowest BCUT2D eigenvalue weighted by molar-refractivity contribution is 0.0699. The van der Waals surface area contributed by atoms with Crippen molar-refractivity contribution in [3.8, 4) is 11.3 Å². The van der Waals surface area contributed by atoms with Crippen molar-refractivity contribution in [3.63, 3.8) is 0 Å². The topological polar surface area (TPSA) is 91.3 Å². The van der Waals surface area contributed by atoms with E-state index in [0.29, 0.717) is 33.7 Å². The van der Waals surface area contributed by atoms with Crippen LogP contribution in [0, 0.1) is 5.92 Å². The Morgan fingerprint density at radius 2 is 1.76 bits per heavy atom. The molecule has 0 amide bonds. The van der Waals surface area contributed by atoms with Crippen LogP contribution in [0.25, 0.3) is 11.3 Å². The summed E-state index contributed by atoms with van der Waals surface area (Å²) in [5.41, 5.74) is 1.41. The molecular weight excluding hydrogens is 461 g/mol. The van der Waals surface area contributed by atoms with Crippen LogP contribution in [0.15, 0.2) is 24.4 Å². The summed E-state index contributed by atoms with van der Waals surface area (Å²) in [6, 6.07) is 6.37. The highest BCUT2D eigenvalue weighted by Crippen LogP contribution is 2.34. The summed E-state index contributed by atoms with van der Waals surface area (Å²) in [7, 11) is 0. The van der Waals surface area contributed by atoms with Crippen LogP contribution < -0.4 is 16.0 Å². The van der Waals surface area contributed by atoms with E-state index in [0.717, 1.165) is 75.5 Å². The van der Waals surface area contributed by atoms with Crippen LogP contribution in [0.2, 0.25) is 10.0 Å². The van der Waals surface area contributed by atoms with Crippen LogP contribution >= 0.6 is 23.2 Å². The Morgan fingerprint density at radius 3 is 2.48 bits per heavy atom. The molecule has 2 aromatic rings. The molecule has 4 rings (SSSR count). The Labute approximate surface area is 205 Å². The summed E-state index contributed by atoms with van der Waals surface area (Å²) in [6.07, 6.45) is 7.35. The molecule has 7 nitrogen and oxygen atoms in total. The first-order chi connectivity index (χ1) is 16.0. The van der Waals surface area contributed by atoms with Crippen molar-refractivity contribution in [2.45, 2.75) is 63.8 Å². The number of ether oxygens (including phenoxy) is 1. The SMILES string of the molecule is CC(O)NC1CCC(Nc2cc(-c3nc(NCC4CCOCC4)ccc3Cl)c(Cl)cn2)CC1. The van der Waals surface area contributed by atoms with Gasteiger partial charge in [-0.15, -0.1) is 0 Å². The Balaban J connectivity index is 1.42. The third kappa shape index (κ3) is 6.93. The molecule has 3 heterocycles. The largest absolute Gasteiger partial charge is 0.381 e. The Kier molecular flexibility index (Phi) is 8.66. The lowest BCUT2D eigenvalue weighted by Crippen LogP contribution is -2.41. The summed E-state index contributed by atoms with van der Waals surface area (Å²) in [5, 5.41) is 20.8. The quantitative estimate of drug-likeness (QED) is 0.387. The van der Waals surface area contributed by atoms with Gasteiger partial charge in [-0.1, -0.05) is 23.2 Å². The van der Waals surface area contributed by atoms with E-state index in [1.165, 1.54) is 0 Å². The van der Waals surface area contributed by atoms with E-state index in [1.54, 1.807) is 13.1 Å². The molecule has 2 fully saturated rings. The normalized spacial score (nSPS) is 22.7. The highest BCUT2D eigenvalue weighted by Gasteiger charge is 2.22. The van der Waals surface area contributed by atoms with Crippen molar-refractivity contribution >= 4 is 34.8 Å². The highest BCUT2D eigenvalue weighted by atomic mass is 35.5. The second kappa shape index (κ2) is 11.7. The fourth-order valence-electron chi connectivity index (χ4n) is 4.58. The van der Waals surface area contributed by atoms with Crippen molar-refractivity contribution < 1.29 is 9.84 Å². The van der Waals surface area contributed by atoms with Gasteiger partial charge in [0.15, 0.2) is 0 Å². The predicted octanol–water partition coefficient (Wildman–Crippen LogP) is 4.94. The maximum Gasteiger partial charge on any atom is 0.126 e. The minimum atomic E-state index is -0.473. The molecule has 1 atom stereocenters. The van der Waals surface area contributed by atoms with Gasteiger partial charge < -0.3 is 20.5 Å². The van der Waals surface area contributed by atoms with Crippen LogP contribution in [-0.4, -0.2) is 53.1 Å². The first-order valence-electron chi connectivity index (χ1n) is 11.8. The number of nitrogens with one attached hydrogen (secondary N) is 3. The molecule has 0 radical (unpaired) electrons. The molecule has 180 valence electrons. The van der Waals surface area contributed by atoms with Gasteiger partial charge in [0.05, 0.1) is 15.7 Å². The molecule has 0 aromatic carbocycles. The lowest BCUT2D eigenvalue weighted by atomic mass is 9.91. The highest BCUT2D eigenvalue weighted by molar-refractivity contribution is 6.36. The van der Waals surface area contributed by atoms with E-state index >= 15 is 0 Å². The van der Waals surface area contributed by atoms with Gasteiger partial charge in [-0.05, 0) is 69.6 Å². The maximum atomic E-state index is 9.54. The molecule has 9 heteroatoms. The van der Waals surface area contributed by atoms with Crippen molar-refractivity contribution in [2.24, 2.45) is 5.92 Å². The number of hydrogen-bond acceptors (Lipinski definition) is 7. The number of aromatic nitrogens is 2. The zero-order valence-corrected chi connectivity index (χ0v) is 20.5. The van der Waals surface area contributed by atoms with Crippen molar-refractivity contribution in [2.75, 3.05) is 30.4 Å². The van der Waals surface area contributed by atoms with E-state index < -0.39 is 6.23 Å². The Bertz CT molecular complexity index is 916. The number of aliphatic hydroxyl groups is 1. The number of nitrogens with zero attached hydrogens (tertiary/aromatic N) is 2. The van der Waals surface area contributed by atoms with E-state index in [1.807, 2.05) is 18.2 Å². The monoisotopic (exact) mass is 493 g/mol. The number of aliphatic hydroxyl groups excluding tert-OH is 1. The Hall–Kier alpha value is -1.64. The zero-order chi connectivity index (χ0) is 23.2. The molecular formula is C24H33Cl2N5O2. The lowest BCUT2D eigenvalue weighted by Gasteiger charge is -2.31. The molecule has 1 aliphatic heterocycles. The zero-order valence-electron chi connectivity index (χ0n) is 19.0. The van der Waals surface area contributed by atoms with Crippen molar-refractivity contribution in [1.29, 1.82) is 0 Å². The third-order valence-corrected chi connectivity index (χ3v) is 7.03. The predicted molar refractivity (Wildman–Crippen MR) is 134 cm³/mol. The van der Waals surface area contributed by atoms with Crippen LogP contribution in [0.4, 0.5) is 11.6 Å². The minimum absolute atomic E-state index is 0.328. The molecule has 1 saturated carbocycles. The standard InChI is InChI=1S/C24H33Cl2N5O2/c1-15(32)29-17-2-4-18(5-3-17)30-23-12-19(21(26)14-28-23)24-20(25)6-7-22(31-24)27-13-16-8-10-33-11-9-16/h6-7,12,14-18,29,32H,2-5,8-11,13H2,1H3,(H,27,31)(H,28,30). The van der Waals surface area contributed by atoms with Gasteiger partial charge in [0, 0.05) is 43.6 Å². The van der Waals surface area contributed by atoms with Crippen molar-refractivity contribution in [1.82, 2.24) is 15.3 Å². The van der Waals surface area contributed by atoms with E-state index in [9.17, 15) is 5.11 Å². The van der Waals surface area contributed by atoms with E-state index in [2.05, 4.69) is 20.9 Å². The number of hydrogen-bond donors (Lipinski definition) is 4. The van der Waals surface area contributed by atoms with Gasteiger partial charge in [-0.25, -0.2) is 9.97 Å². The number of pyridine rings is 2. The molecule has 1 saturated heterocycles. The molecule has 2 aliphatic rings. The van der Waals surface area contributed by atoms with Crippen molar-refractivity contribution in [3.05, 3.63) is 34.4 Å². The second-order valence-corrected chi connectivity index (χ2v) is 9.86. The summed E-state index contributed by atoms with van der Waals surface area (Å²) in [6.45, 7) is 4.28. The van der Waals surface area contributed by atoms with Crippen LogP contribution in [0.1, 0.15) is 45.4 Å². The molecule has 0 bridgehead atoms. The molecule has 1 aliphatic carbocycles. The number of anilines is 2. The molecule has 2 aromatic heterocycles. The van der Waals surface area contributed by atoms with Gasteiger partial charge in [0.2, 0.25) is 0 Å². The summed E-state index contributed by atoms with van der Waals surface area (Å²) < 4.78 is 5.44. The molecule has 0 spiro atoms. The fraction of sp³-hybridized carbons (Fsp3) is 0.583. The number of rotatable bonds is 8. The molecule has 1 unspecified atom stereocenters. The summed E-state index contributed by atoms with van der Waals surface area (Å²) in [4.78, 5) is 9.25. The Morgan fingerprint density at radius 1 is 1.03 bits per heavy atom. The second-order valence-electron chi connectivity index (χ2n) is 9.05. The van der Waals surface area contributed by atoms with E-state index in [4.69, 9.17) is 32.9 Å². The van der Waals surface area contributed by atoms with E-state index in [-0.39, 0.29) is 0 Å². The smallest absolute Gasteiger partial charge is 0.126 e. The first-order valence-corrected chi connectivity index (χ1v) is 12.6. The first kappa shape index (κ1) is 24.5. The van der Waals surface area contributed by atoms with Gasteiger partial charge >= 0.3 is 0 Å². The minimum Gasteiger partial charge on any atom is -0.381 e. The van der Waals surface area contributed by atoms with Crippen LogP contribution in [0.5, 0.6) is 0 Å². The molecule has 4 N–H and O–H groups in total. The van der Waals surface area contributed by atoms with Gasteiger partial charge in [-0.3, -0.25) is 5.32 Å². The summed E-state index contributed by atoms with van der Waals surface area (Å²) >= 11 is 13.0. The maximum absolute atomic E-state index is 9.54. The average Bonchev–Trinajstić information content (AvgIpc) is 2.81. The summed E-state index contributed by atoms with van der Waals surface area (Å²) in [5.74, 6) is 2.14. The fourth-order valence-corrected chi connectivity index (χ4v) is 4.98. The average molecular weight is 494 g/mol. The number of halogens is 2. The van der Waals surface area contributed by atoms with Crippen LogP contribution in [0.3, 0.4) is 0 Å².